The predicted octanol–water partition coefficient (Wildman–Crippen LogP) is 0.411. The van der Waals surface area contributed by atoms with Crippen molar-refractivity contribution in [2.75, 3.05) is 11.9 Å². The lowest BCUT2D eigenvalue weighted by Crippen LogP contribution is -2.19. The Morgan fingerprint density at radius 3 is 3.36 bits per heavy atom. The van der Waals surface area contributed by atoms with Crippen molar-refractivity contribution in [1.82, 2.24) is 4.98 Å². The summed E-state index contributed by atoms with van der Waals surface area (Å²) in [5.41, 5.74) is 2.31. The van der Waals surface area contributed by atoms with Crippen LogP contribution in [0.3, 0.4) is 0 Å². The smallest absolute Gasteiger partial charge is 0.0636 e. The molecule has 0 spiro atoms. The van der Waals surface area contributed by atoms with Gasteiger partial charge in [-0.05, 0) is 18.1 Å². The average Bonchev–Trinajstić information content (AvgIpc) is 2.46. The number of hydrogen-bond donors (Lipinski definition) is 2. The second-order valence-corrected chi connectivity index (χ2v) is 2.76. The maximum Gasteiger partial charge on any atom is 0.0636 e. The van der Waals surface area contributed by atoms with Crippen LogP contribution in [0, 0.1) is 0 Å². The molecular weight excluding hydrogens is 140 g/mol. The number of nitrogens with zero attached hydrogens (tertiary/aromatic N) is 1. The fraction of sp³-hybridized carbons (Fsp3) is 0.375. The topological polar surface area (TPSA) is 45.2 Å². The summed E-state index contributed by atoms with van der Waals surface area (Å²) in [6, 6.07) is 2.12. The van der Waals surface area contributed by atoms with Crippen LogP contribution in [-0.4, -0.2) is 22.7 Å². The van der Waals surface area contributed by atoms with Gasteiger partial charge in [-0.15, -0.1) is 0 Å². The Hall–Kier alpha value is -1.09. The van der Waals surface area contributed by atoms with E-state index in [0.717, 1.165) is 12.1 Å². The van der Waals surface area contributed by atoms with Crippen LogP contribution in [0.4, 0.5) is 5.69 Å². The first kappa shape index (κ1) is 6.61. The summed E-state index contributed by atoms with van der Waals surface area (Å²) in [6.45, 7) is 0.189. The Kier molecular flexibility index (Phi) is 1.51. The number of anilines is 1. The Bertz CT molecular complexity index is 237. The van der Waals surface area contributed by atoms with Gasteiger partial charge in [0.05, 0.1) is 12.6 Å². The van der Waals surface area contributed by atoms with E-state index in [9.17, 15) is 0 Å². The molecule has 3 nitrogen and oxygen atoms in total. The summed E-state index contributed by atoms with van der Waals surface area (Å²) in [6.07, 6.45) is 4.49. The number of aliphatic hydroxyl groups is 1. The standard InChI is InChI=1S/C8H10N2O/c11-5-7-3-6-4-9-2-1-8(6)10-7/h1-2,4,7,10-11H,3,5H2/t7-/m0/s1. The van der Waals surface area contributed by atoms with E-state index in [0.29, 0.717) is 0 Å². The predicted molar refractivity (Wildman–Crippen MR) is 42.4 cm³/mol. The summed E-state index contributed by atoms with van der Waals surface area (Å²) in [4.78, 5) is 4.00. The second kappa shape index (κ2) is 2.51. The van der Waals surface area contributed by atoms with E-state index in [2.05, 4.69) is 10.3 Å². The van der Waals surface area contributed by atoms with Crippen molar-refractivity contribution in [2.24, 2.45) is 0 Å². The monoisotopic (exact) mass is 150 g/mol. The van der Waals surface area contributed by atoms with Crippen molar-refractivity contribution < 1.29 is 5.11 Å². The number of aromatic nitrogens is 1. The first-order chi connectivity index (χ1) is 5.40. The van der Waals surface area contributed by atoms with E-state index in [1.54, 1.807) is 6.20 Å². The Morgan fingerprint density at radius 1 is 1.73 bits per heavy atom. The lowest BCUT2D eigenvalue weighted by atomic mass is 10.2. The maximum atomic E-state index is 8.86. The molecule has 1 aliphatic heterocycles. The van der Waals surface area contributed by atoms with E-state index in [1.807, 2.05) is 12.3 Å². The van der Waals surface area contributed by atoms with Crippen LogP contribution >= 0.6 is 0 Å². The molecule has 0 unspecified atom stereocenters. The van der Waals surface area contributed by atoms with Gasteiger partial charge in [0.15, 0.2) is 0 Å². The third-order valence-corrected chi connectivity index (χ3v) is 1.95. The van der Waals surface area contributed by atoms with Crippen molar-refractivity contribution in [1.29, 1.82) is 0 Å². The average molecular weight is 150 g/mol. The first-order valence-electron chi connectivity index (χ1n) is 3.70. The van der Waals surface area contributed by atoms with Gasteiger partial charge in [0, 0.05) is 18.1 Å². The number of fused-ring (bicyclic) bond motifs is 1. The number of aliphatic hydroxyl groups excluding tert-OH is 1. The highest BCUT2D eigenvalue weighted by Gasteiger charge is 2.18. The van der Waals surface area contributed by atoms with E-state index >= 15 is 0 Å². The highest BCUT2D eigenvalue weighted by atomic mass is 16.3. The summed E-state index contributed by atoms with van der Waals surface area (Å²) in [5.74, 6) is 0. The zero-order valence-electron chi connectivity index (χ0n) is 6.12. The van der Waals surface area contributed by atoms with Crippen molar-refractivity contribution >= 4 is 5.69 Å². The number of nitrogens with one attached hydrogen (secondary N) is 1. The van der Waals surface area contributed by atoms with Gasteiger partial charge in [-0.25, -0.2) is 0 Å². The highest BCUT2D eigenvalue weighted by Crippen LogP contribution is 2.23. The molecule has 0 radical (unpaired) electrons. The zero-order chi connectivity index (χ0) is 7.68. The van der Waals surface area contributed by atoms with Crippen LogP contribution in [0.15, 0.2) is 18.5 Å². The molecule has 1 atom stereocenters. The molecule has 0 aromatic carbocycles. The largest absolute Gasteiger partial charge is 0.394 e. The van der Waals surface area contributed by atoms with Crippen molar-refractivity contribution in [2.45, 2.75) is 12.5 Å². The molecule has 58 valence electrons. The van der Waals surface area contributed by atoms with Crippen LogP contribution in [0.5, 0.6) is 0 Å². The Labute approximate surface area is 65.1 Å². The normalized spacial score (nSPS) is 21.0. The van der Waals surface area contributed by atoms with Gasteiger partial charge in [0.25, 0.3) is 0 Å². The molecule has 0 fully saturated rings. The SMILES string of the molecule is OC[C@@H]1Cc2cnccc2N1. The van der Waals surface area contributed by atoms with Gasteiger partial charge in [0.1, 0.15) is 0 Å². The molecule has 0 saturated heterocycles. The highest BCUT2D eigenvalue weighted by molar-refractivity contribution is 5.55. The van der Waals surface area contributed by atoms with Gasteiger partial charge in [0.2, 0.25) is 0 Å². The summed E-state index contributed by atoms with van der Waals surface area (Å²) in [7, 11) is 0. The van der Waals surface area contributed by atoms with Crippen LogP contribution in [0.25, 0.3) is 0 Å². The quantitative estimate of drug-likeness (QED) is 0.609. The van der Waals surface area contributed by atoms with Crippen LogP contribution < -0.4 is 5.32 Å². The van der Waals surface area contributed by atoms with Crippen LogP contribution in [-0.2, 0) is 6.42 Å². The fourth-order valence-electron chi connectivity index (χ4n) is 1.38. The van der Waals surface area contributed by atoms with Crippen LogP contribution in [0.1, 0.15) is 5.56 Å². The Morgan fingerprint density at radius 2 is 2.64 bits per heavy atom. The third kappa shape index (κ3) is 1.07. The molecule has 0 bridgehead atoms. The van der Waals surface area contributed by atoms with Gasteiger partial charge in [-0.2, -0.15) is 0 Å². The van der Waals surface area contributed by atoms with E-state index in [1.165, 1.54) is 5.56 Å². The zero-order valence-corrected chi connectivity index (χ0v) is 6.12. The molecule has 0 aliphatic carbocycles. The van der Waals surface area contributed by atoms with Gasteiger partial charge < -0.3 is 10.4 Å². The molecule has 0 amide bonds. The van der Waals surface area contributed by atoms with Crippen molar-refractivity contribution in [3.05, 3.63) is 24.0 Å². The van der Waals surface area contributed by atoms with Crippen molar-refractivity contribution in [3.8, 4) is 0 Å². The van der Waals surface area contributed by atoms with E-state index in [4.69, 9.17) is 5.11 Å². The molecule has 2 rings (SSSR count). The molecule has 1 aromatic rings. The molecular formula is C8H10N2O. The van der Waals surface area contributed by atoms with Gasteiger partial charge in [-0.3, -0.25) is 4.98 Å². The molecule has 1 aliphatic rings. The lowest BCUT2D eigenvalue weighted by Gasteiger charge is -2.04. The summed E-state index contributed by atoms with van der Waals surface area (Å²) in [5, 5.41) is 12.0. The minimum absolute atomic E-state index is 0.189. The minimum atomic E-state index is 0.189. The number of rotatable bonds is 1. The second-order valence-electron chi connectivity index (χ2n) is 2.76. The maximum absolute atomic E-state index is 8.86. The molecule has 2 heterocycles. The number of pyridine rings is 1. The number of hydrogen-bond acceptors (Lipinski definition) is 3. The molecule has 2 N–H and O–H groups in total. The van der Waals surface area contributed by atoms with Crippen molar-refractivity contribution in [3.63, 3.8) is 0 Å². The van der Waals surface area contributed by atoms with Crippen LogP contribution in [0.2, 0.25) is 0 Å². The molecule has 11 heavy (non-hydrogen) atoms. The molecule has 3 heteroatoms. The summed E-state index contributed by atoms with van der Waals surface area (Å²) < 4.78 is 0. The first-order valence-corrected chi connectivity index (χ1v) is 3.70. The van der Waals surface area contributed by atoms with Gasteiger partial charge >= 0.3 is 0 Å². The van der Waals surface area contributed by atoms with Gasteiger partial charge in [-0.1, -0.05) is 0 Å². The Balaban J connectivity index is 2.27. The van der Waals surface area contributed by atoms with E-state index < -0.39 is 0 Å². The molecule has 0 saturated carbocycles. The minimum Gasteiger partial charge on any atom is -0.394 e. The van der Waals surface area contributed by atoms with E-state index in [-0.39, 0.29) is 12.6 Å². The lowest BCUT2D eigenvalue weighted by molar-refractivity contribution is 0.277. The fourth-order valence-corrected chi connectivity index (χ4v) is 1.38. The molecule has 1 aromatic heterocycles. The summed E-state index contributed by atoms with van der Waals surface area (Å²) >= 11 is 0. The third-order valence-electron chi connectivity index (χ3n) is 1.95.